The van der Waals surface area contributed by atoms with Gasteiger partial charge in [-0.15, -0.1) is 11.6 Å². The van der Waals surface area contributed by atoms with Gasteiger partial charge in [0.15, 0.2) is 0 Å². The highest BCUT2D eigenvalue weighted by molar-refractivity contribution is 9.10. The molecular weight excluding hydrogens is 318 g/mol. The third kappa shape index (κ3) is 4.76. The molecule has 1 rings (SSSR count). The molecule has 0 atom stereocenters. The number of nitrogens with zero attached hydrogens (tertiary/aromatic N) is 1. The molecule has 0 bridgehead atoms. The first kappa shape index (κ1) is 15.8. The molecule has 18 heavy (non-hydrogen) atoms. The molecule has 0 saturated heterocycles. The summed E-state index contributed by atoms with van der Waals surface area (Å²) in [4.78, 5) is 2.23. The molecule has 5 heteroatoms. The molecule has 0 aliphatic carbocycles. The van der Waals surface area contributed by atoms with Crippen molar-refractivity contribution in [1.82, 2.24) is 0 Å². The third-order valence-corrected chi connectivity index (χ3v) is 3.58. The predicted molar refractivity (Wildman–Crippen MR) is 79.7 cm³/mol. The predicted octanol–water partition coefficient (Wildman–Crippen LogP) is 3.29. The Morgan fingerprint density at radius 3 is 2.22 bits per heavy atom. The fourth-order valence-electron chi connectivity index (χ4n) is 1.65. The van der Waals surface area contributed by atoms with Crippen molar-refractivity contribution in [1.29, 1.82) is 0 Å². The van der Waals surface area contributed by atoms with E-state index in [1.165, 1.54) is 0 Å². The highest BCUT2D eigenvalue weighted by Gasteiger charge is 2.10. The van der Waals surface area contributed by atoms with Crippen molar-refractivity contribution in [2.45, 2.75) is 5.88 Å². The summed E-state index contributed by atoms with van der Waals surface area (Å²) in [5, 5.41) is 0. The summed E-state index contributed by atoms with van der Waals surface area (Å²) in [5.74, 6) is 0.523. The Morgan fingerprint density at radius 1 is 1.17 bits per heavy atom. The summed E-state index contributed by atoms with van der Waals surface area (Å²) < 4.78 is 11.3. The van der Waals surface area contributed by atoms with Crippen molar-refractivity contribution in [2.24, 2.45) is 0 Å². The van der Waals surface area contributed by atoms with E-state index in [0.717, 1.165) is 28.8 Å². The number of methoxy groups -OCH3 is 2. The number of halogens is 2. The van der Waals surface area contributed by atoms with Gasteiger partial charge >= 0.3 is 0 Å². The molecule has 0 N–H and O–H groups in total. The zero-order chi connectivity index (χ0) is 13.4. The molecule has 102 valence electrons. The quantitative estimate of drug-likeness (QED) is 0.680. The van der Waals surface area contributed by atoms with E-state index in [9.17, 15) is 0 Å². The van der Waals surface area contributed by atoms with E-state index < -0.39 is 0 Å². The second-order valence-corrected chi connectivity index (χ2v) is 5.01. The van der Waals surface area contributed by atoms with Gasteiger partial charge in [-0.05, 0) is 33.6 Å². The molecule has 0 amide bonds. The Balaban J connectivity index is 2.82. The van der Waals surface area contributed by atoms with E-state index in [1.807, 2.05) is 6.07 Å². The van der Waals surface area contributed by atoms with Crippen LogP contribution in [0.25, 0.3) is 0 Å². The Hall–Kier alpha value is -0.290. The first-order chi connectivity index (χ1) is 8.72. The van der Waals surface area contributed by atoms with Crippen molar-refractivity contribution in [3.05, 3.63) is 28.2 Å². The Labute approximate surface area is 122 Å². The number of hydrogen-bond donors (Lipinski definition) is 0. The number of ether oxygens (including phenoxy) is 2. The molecule has 0 radical (unpaired) electrons. The summed E-state index contributed by atoms with van der Waals surface area (Å²) in [7, 11) is 3.42. The van der Waals surface area contributed by atoms with Crippen molar-refractivity contribution in [3.8, 4) is 0 Å². The van der Waals surface area contributed by atoms with Crippen LogP contribution >= 0.6 is 27.5 Å². The van der Waals surface area contributed by atoms with Gasteiger partial charge in [-0.1, -0.05) is 6.07 Å². The molecule has 0 heterocycles. The van der Waals surface area contributed by atoms with Crippen molar-refractivity contribution in [3.63, 3.8) is 0 Å². The van der Waals surface area contributed by atoms with Gasteiger partial charge in [0.1, 0.15) is 0 Å². The van der Waals surface area contributed by atoms with Gasteiger partial charge in [-0.3, -0.25) is 0 Å². The Bertz CT molecular complexity index is 355. The second kappa shape index (κ2) is 8.75. The summed E-state index contributed by atoms with van der Waals surface area (Å²) in [6.07, 6.45) is 0. The molecule has 1 aromatic rings. The van der Waals surface area contributed by atoms with Crippen LogP contribution in [0.15, 0.2) is 22.7 Å². The highest BCUT2D eigenvalue weighted by atomic mass is 79.9. The van der Waals surface area contributed by atoms with Gasteiger partial charge in [-0.25, -0.2) is 0 Å². The van der Waals surface area contributed by atoms with Crippen LogP contribution < -0.4 is 4.90 Å². The second-order valence-electron chi connectivity index (χ2n) is 3.89. The number of anilines is 1. The van der Waals surface area contributed by atoms with E-state index in [2.05, 4.69) is 33.0 Å². The van der Waals surface area contributed by atoms with E-state index in [4.69, 9.17) is 21.1 Å². The van der Waals surface area contributed by atoms with E-state index in [1.54, 1.807) is 14.2 Å². The molecule has 1 aromatic carbocycles. The smallest absolute Gasteiger partial charge is 0.0637 e. The Morgan fingerprint density at radius 2 is 1.78 bits per heavy atom. The molecule has 0 aliphatic rings. The normalized spacial score (nSPS) is 10.7. The molecule has 0 fully saturated rings. The van der Waals surface area contributed by atoms with Crippen molar-refractivity contribution >= 4 is 33.2 Å². The maximum absolute atomic E-state index is 5.82. The van der Waals surface area contributed by atoms with Crippen molar-refractivity contribution < 1.29 is 9.47 Å². The third-order valence-electron chi connectivity index (χ3n) is 2.64. The van der Waals surface area contributed by atoms with Gasteiger partial charge < -0.3 is 14.4 Å². The minimum absolute atomic E-state index is 0.523. The number of alkyl halides is 1. The highest BCUT2D eigenvalue weighted by Crippen LogP contribution is 2.27. The molecule has 0 unspecified atom stereocenters. The fourth-order valence-corrected chi connectivity index (χ4v) is 2.49. The monoisotopic (exact) mass is 335 g/mol. The van der Waals surface area contributed by atoms with E-state index in [-0.39, 0.29) is 0 Å². The SMILES string of the molecule is COCCN(CCOC)c1ccc(CCl)cc1Br. The van der Waals surface area contributed by atoms with Crippen LogP contribution in [0.3, 0.4) is 0 Å². The van der Waals surface area contributed by atoms with Gasteiger partial charge in [0.05, 0.1) is 18.9 Å². The zero-order valence-corrected chi connectivity index (χ0v) is 13.1. The summed E-state index contributed by atoms with van der Waals surface area (Å²) in [6, 6.07) is 6.17. The average molecular weight is 337 g/mol. The minimum atomic E-state index is 0.523. The summed E-state index contributed by atoms with van der Waals surface area (Å²) >= 11 is 9.41. The zero-order valence-electron chi connectivity index (χ0n) is 10.8. The molecule has 0 spiro atoms. The van der Waals surface area contributed by atoms with Crippen LogP contribution in [0.1, 0.15) is 5.56 Å². The number of hydrogen-bond acceptors (Lipinski definition) is 3. The first-order valence-electron chi connectivity index (χ1n) is 5.80. The van der Waals surface area contributed by atoms with Gasteiger partial charge in [-0.2, -0.15) is 0 Å². The molecule has 0 saturated carbocycles. The lowest BCUT2D eigenvalue weighted by Gasteiger charge is -2.25. The summed E-state index contributed by atoms with van der Waals surface area (Å²) in [6.45, 7) is 3.04. The largest absolute Gasteiger partial charge is 0.383 e. The van der Waals surface area contributed by atoms with Crippen LogP contribution in [0, 0.1) is 0 Å². The van der Waals surface area contributed by atoms with E-state index >= 15 is 0 Å². The minimum Gasteiger partial charge on any atom is -0.383 e. The van der Waals surface area contributed by atoms with Crippen molar-refractivity contribution in [2.75, 3.05) is 45.4 Å². The molecular formula is C13H19BrClNO2. The summed E-state index contributed by atoms with van der Waals surface area (Å²) in [5.41, 5.74) is 2.24. The van der Waals surface area contributed by atoms with Gasteiger partial charge in [0.25, 0.3) is 0 Å². The topological polar surface area (TPSA) is 21.7 Å². The maximum Gasteiger partial charge on any atom is 0.0637 e. The lowest BCUT2D eigenvalue weighted by atomic mass is 10.2. The standard InChI is InChI=1S/C13H19BrClNO2/c1-17-7-5-16(6-8-18-2)13-4-3-11(10-15)9-12(13)14/h3-4,9H,5-8,10H2,1-2H3. The van der Waals surface area contributed by atoms with Crippen LogP contribution in [0.4, 0.5) is 5.69 Å². The van der Waals surface area contributed by atoms with Crippen LogP contribution in [0.5, 0.6) is 0 Å². The Kier molecular flexibility index (Phi) is 7.66. The van der Waals surface area contributed by atoms with E-state index in [0.29, 0.717) is 19.1 Å². The molecule has 0 aromatic heterocycles. The first-order valence-corrected chi connectivity index (χ1v) is 7.13. The molecule has 0 aliphatic heterocycles. The van der Waals surface area contributed by atoms with Gasteiger partial charge in [0.2, 0.25) is 0 Å². The maximum atomic E-state index is 5.82. The van der Waals surface area contributed by atoms with Crippen LogP contribution in [-0.4, -0.2) is 40.5 Å². The fraction of sp³-hybridized carbons (Fsp3) is 0.538. The average Bonchev–Trinajstić information content (AvgIpc) is 2.39. The lowest BCUT2D eigenvalue weighted by molar-refractivity contribution is 0.190. The van der Waals surface area contributed by atoms with Crippen LogP contribution in [-0.2, 0) is 15.4 Å². The van der Waals surface area contributed by atoms with Crippen LogP contribution in [0.2, 0.25) is 0 Å². The number of benzene rings is 1. The lowest BCUT2D eigenvalue weighted by Crippen LogP contribution is -2.30. The number of rotatable bonds is 8. The van der Waals surface area contributed by atoms with Gasteiger partial charge in [0, 0.05) is 37.7 Å². The molecule has 3 nitrogen and oxygen atoms in total.